The van der Waals surface area contributed by atoms with Crippen molar-refractivity contribution in [2.24, 2.45) is 11.8 Å². The highest BCUT2D eigenvalue weighted by Gasteiger charge is 2.40. The Kier molecular flexibility index (Phi) is 5.37. The molecular formula is C21H30N2O2. The first kappa shape index (κ1) is 17.0. The van der Waals surface area contributed by atoms with E-state index in [0.717, 1.165) is 58.5 Å². The van der Waals surface area contributed by atoms with Crippen molar-refractivity contribution in [3.05, 3.63) is 35.9 Å². The summed E-state index contributed by atoms with van der Waals surface area (Å²) in [6, 6.07) is 11.2. The van der Waals surface area contributed by atoms with Crippen LogP contribution in [0.3, 0.4) is 0 Å². The lowest BCUT2D eigenvalue weighted by Crippen LogP contribution is -2.57. The van der Waals surface area contributed by atoms with Gasteiger partial charge in [-0.05, 0) is 43.6 Å². The smallest absolute Gasteiger partial charge is 0.228 e. The van der Waals surface area contributed by atoms with Gasteiger partial charge < -0.3 is 14.5 Å². The van der Waals surface area contributed by atoms with Crippen LogP contribution in [-0.4, -0.2) is 61.1 Å². The fourth-order valence-electron chi connectivity index (χ4n) is 4.85. The highest BCUT2D eigenvalue weighted by molar-refractivity contribution is 5.79. The van der Waals surface area contributed by atoms with Crippen LogP contribution in [-0.2, 0) is 16.0 Å². The first-order chi connectivity index (χ1) is 12.3. The summed E-state index contributed by atoms with van der Waals surface area (Å²) in [6.45, 7) is 5.76. The summed E-state index contributed by atoms with van der Waals surface area (Å²) in [6.07, 6.45) is 5.61. The molecule has 3 atom stereocenters. The third kappa shape index (κ3) is 3.90. The molecule has 1 aromatic rings. The van der Waals surface area contributed by atoms with E-state index in [-0.39, 0.29) is 5.92 Å². The summed E-state index contributed by atoms with van der Waals surface area (Å²) in [5, 5.41) is 0. The summed E-state index contributed by atoms with van der Waals surface area (Å²) in [4.78, 5) is 17.7. The lowest BCUT2D eigenvalue weighted by atomic mass is 9.83. The zero-order valence-corrected chi connectivity index (χ0v) is 15.1. The topological polar surface area (TPSA) is 32.8 Å². The molecule has 3 aliphatic rings. The average molecular weight is 342 g/mol. The van der Waals surface area contributed by atoms with Gasteiger partial charge in [-0.1, -0.05) is 30.3 Å². The van der Waals surface area contributed by atoms with Crippen LogP contribution in [0.1, 0.15) is 31.2 Å². The highest BCUT2D eigenvalue weighted by atomic mass is 16.5. The van der Waals surface area contributed by atoms with E-state index in [9.17, 15) is 4.79 Å². The molecule has 4 nitrogen and oxygen atoms in total. The van der Waals surface area contributed by atoms with Crippen LogP contribution in [0.2, 0.25) is 0 Å². The Labute approximate surface area is 151 Å². The molecule has 3 fully saturated rings. The molecule has 1 unspecified atom stereocenters. The van der Waals surface area contributed by atoms with Crippen LogP contribution in [0, 0.1) is 11.8 Å². The molecule has 4 heteroatoms. The summed E-state index contributed by atoms with van der Waals surface area (Å²) >= 11 is 0. The Morgan fingerprint density at radius 3 is 2.80 bits per heavy atom. The average Bonchev–Trinajstić information content (AvgIpc) is 3.21. The quantitative estimate of drug-likeness (QED) is 0.843. The van der Waals surface area contributed by atoms with Gasteiger partial charge in [0, 0.05) is 38.8 Å². The zero-order chi connectivity index (χ0) is 17.1. The van der Waals surface area contributed by atoms with Crippen molar-refractivity contribution >= 4 is 5.91 Å². The van der Waals surface area contributed by atoms with Gasteiger partial charge in [0.25, 0.3) is 0 Å². The minimum absolute atomic E-state index is 0.120. The Morgan fingerprint density at radius 2 is 2.00 bits per heavy atom. The van der Waals surface area contributed by atoms with E-state index >= 15 is 0 Å². The SMILES string of the molecule is O=C(C1CCOC1)N1CCC[C@@H]2CN(CCc3ccccc3)CC[C@@H]21. The summed E-state index contributed by atoms with van der Waals surface area (Å²) in [5.41, 5.74) is 1.42. The first-order valence-corrected chi connectivity index (χ1v) is 9.96. The van der Waals surface area contributed by atoms with Gasteiger partial charge >= 0.3 is 0 Å². The Hall–Kier alpha value is -1.39. The molecule has 25 heavy (non-hydrogen) atoms. The van der Waals surface area contributed by atoms with Crippen LogP contribution in [0.25, 0.3) is 0 Å². The predicted octanol–water partition coefficient (Wildman–Crippen LogP) is 2.58. The Bertz CT molecular complexity index is 571. The Balaban J connectivity index is 1.33. The van der Waals surface area contributed by atoms with E-state index in [1.165, 1.54) is 12.0 Å². The standard InChI is InChI=1S/C21H30N2O2/c24-21(19-10-14-25-16-19)23-11-4-7-18-15-22(13-9-20(18)23)12-8-17-5-2-1-3-6-17/h1-3,5-6,18-20H,4,7-16H2/t18-,19?,20+/m1/s1. The normalized spacial score (nSPS) is 30.2. The van der Waals surface area contributed by atoms with E-state index in [4.69, 9.17) is 4.74 Å². The zero-order valence-electron chi connectivity index (χ0n) is 15.1. The first-order valence-electron chi connectivity index (χ1n) is 9.96. The van der Waals surface area contributed by atoms with Gasteiger partial charge in [-0.2, -0.15) is 0 Å². The maximum atomic E-state index is 12.9. The number of rotatable bonds is 4. The van der Waals surface area contributed by atoms with Gasteiger partial charge in [-0.25, -0.2) is 0 Å². The van der Waals surface area contributed by atoms with Crippen molar-refractivity contribution in [3.8, 4) is 0 Å². The molecule has 0 radical (unpaired) electrons. The number of likely N-dealkylation sites (tertiary alicyclic amines) is 2. The minimum atomic E-state index is 0.120. The number of benzene rings is 1. The molecular weight excluding hydrogens is 312 g/mol. The van der Waals surface area contributed by atoms with Crippen LogP contribution < -0.4 is 0 Å². The number of piperidine rings is 2. The molecule has 3 saturated heterocycles. The maximum Gasteiger partial charge on any atom is 0.228 e. The van der Waals surface area contributed by atoms with Crippen molar-refractivity contribution in [1.82, 2.24) is 9.80 Å². The van der Waals surface area contributed by atoms with Gasteiger partial charge in [0.2, 0.25) is 5.91 Å². The second-order valence-electron chi connectivity index (χ2n) is 7.89. The van der Waals surface area contributed by atoms with Crippen molar-refractivity contribution in [2.75, 3.05) is 39.4 Å². The second-order valence-corrected chi connectivity index (χ2v) is 7.89. The molecule has 3 aliphatic heterocycles. The number of carbonyl (C=O) groups excluding carboxylic acids is 1. The predicted molar refractivity (Wildman–Crippen MR) is 98.4 cm³/mol. The maximum absolute atomic E-state index is 12.9. The molecule has 0 aliphatic carbocycles. The van der Waals surface area contributed by atoms with E-state index < -0.39 is 0 Å². The number of carbonyl (C=O) groups is 1. The monoisotopic (exact) mass is 342 g/mol. The molecule has 3 heterocycles. The fraction of sp³-hybridized carbons (Fsp3) is 0.667. The van der Waals surface area contributed by atoms with Gasteiger partial charge in [0.1, 0.15) is 0 Å². The number of amides is 1. The van der Waals surface area contributed by atoms with Crippen LogP contribution >= 0.6 is 0 Å². The van der Waals surface area contributed by atoms with Crippen molar-refractivity contribution in [3.63, 3.8) is 0 Å². The Morgan fingerprint density at radius 1 is 1.12 bits per heavy atom. The van der Waals surface area contributed by atoms with E-state index in [1.54, 1.807) is 0 Å². The second kappa shape index (κ2) is 7.88. The minimum Gasteiger partial charge on any atom is -0.381 e. The lowest BCUT2D eigenvalue weighted by Gasteiger charge is -2.48. The number of nitrogens with zero attached hydrogens (tertiary/aromatic N) is 2. The largest absolute Gasteiger partial charge is 0.381 e. The molecule has 0 aromatic heterocycles. The number of fused-ring (bicyclic) bond motifs is 1. The summed E-state index contributed by atoms with van der Waals surface area (Å²) in [7, 11) is 0. The van der Waals surface area contributed by atoms with Gasteiger partial charge in [0.15, 0.2) is 0 Å². The van der Waals surface area contributed by atoms with Crippen LogP contribution in [0.4, 0.5) is 0 Å². The van der Waals surface area contributed by atoms with Crippen molar-refractivity contribution in [1.29, 1.82) is 0 Å². The van der Waals surface area contributed by atoms with E-state index in [2.05, 4.69) is 40.1 Å². The molecule has 136 valence electrons. The number of hydrogen-bond donors (Lipinski definition) is 0. The molecule has 4 rings (SSSR count). The highest BCUT2D eigenvalue weighted by Crippen LogP contribution is 2.32. The summed E-state index contributed by atoms with van der Waals surface area (Å²) < 4.78 is 5.44. The molecule has 0 bridgehead atoms. The van der Waals surface area contributed by atoms with Gasteiger partial charge in [-0.15, -0.1) is 0 Å². The molecule has 0 spiro atoms. The van der Waals surface area contributed by atoms with E-state index in [0.29, 0.717) is 24.5 Å². The van der Waals surface area contributed by atoms with Gasteiger partial charge in [0.05, 0.1) is 12.5 Å². The van der Waals surface area contributed by atoms with Crippen LogP contribution in [0.15, 0.2) is 30.3 Å². The third-order valence-corrected chi connectivity index (χ3v) is 6.27. The number of ether oxygens (including phenoxy) is 1. The van der Waals surface area contributed by atoms with Gasteiger partial charge in [-0.3, -0.25) is 4.79 Å². The lowest BCUT2D eigenvalue weighted by molar-refractivity contribution is -0.142. The molecule has 0 N–H and O–H groups in total. The molecule has 0 saturated carbocycles. The summed E-state index contributed by atoms with van der Waals surface area (Å²) in [5.74, 6) is 1.14. The molecule has 1 aromatic carbocycles. The molecule has 1 amide bonds. The van der Waals surface area contributed by atoms with Crippen LogP contribution in [0.5, 0.6) is 0 Å². The third-order valence-electron chi connectivity index (χ3n) is 6.27. The van der Waals surface area contributed by atoms with Crippen molar-refractivity contribution in [2.45, 2.75) is 38.1 Å². The number of hydrogen-bond acceptors (Lipinski definition) is 3. The van der Waals surface area contributed by atoms with Crippen molar-refractivity contribution < 1.29 is 9.53 Å². The van der Waals surface area contributed by atoms with E-state index in [1.807, 2.05) is 0 Å². The fourth-order valence-corrected chi connectivity index (χ4v) is 4.85.